The van der Waals surface area contributed by atoms with Crippen molar-refractivity contribution in [3.8, 4) is 44.8 Å². The molecule has 136 heavy (non-hydrogen) atoms. The number of carbonyl (C=O) groups is 4. The minimum absolute atomic E-state index is 0. The number of carboxylic acids is 1. The first-order chi connectivity index (χ1) is 65.6. The Labute approximate surface area is 805 Å². The van der Waals surface area contributed by atoms with Crippen LogP contribution >= 0.6 is 58.0 Å². The highest BCUT2D eigenvalue weighted by molar-refractivity contribution is 6.62. The fourth-order valence-corrected chi connectivity index (χ4v) is 20.1. The van der Waals surface area contributed by atoms with Gasteiger partial charge >= 0.3 is 7.12 Å². The zero-order valence-electron chi connectivity index (χ0n) is 74.0. The molecule has 0 amide bonds. The molecule has 0 saturated carbocycles. The lowest BCUT2D eigenvalue weighted by atomic mass is 9.78. The number of H-pyrrole nitrogens is 1. The summed E-state index contributed by atoms with van der Waals surface area (Å²) in [5, 5.41) is 32.0. The number of imidazole rings is 3. The fourth-order valence-electron chi connectivity index (χ4n) is 19.1. The Morgan fingerprint density at radius 2 is 0.676 bits per heavy atom. The summed E-state index contributed by atoms with van der Waals surface area (Å²) in [6.07, 6.45) is 0.801. The predicted molar refractivity (Wildman–Crippen MR) is 564 cm³/mol. The zero-order chi connectivity index (χ0) is 92.8. The number of aromatic nitrogens is 6. The van der Waals surface area contributed by atoms with Crippen molar-refractivity contribution in [3.63, 3.8) is 0 Å². The van der Waals surface area contributed by atoms with Crippen LogP contribution in [0.5, 0.6) is 0 Å². The van der Waals surface area contributed by atoms with Gasteiger partial charge in [0.25, 0.3) is 5.97 Å². The van der Waals surface area contributed by atoms with Crippen LogP contribution in [0.2, 0.25) is 25.1 Å². The van der Waals surface area contributed by atoms with Gasteiger partial charge in [-0.05, 0) is 177 Å². The number of benzene rings is 19. The summed E-state index contributed by atoms with van der Waals surface area (Å²) in [5.74, 6) is -0.855. The molecule has 5 aromatic heterocycles. The van der Waals surface area contributed by atoms with Crippen LogP contribution in [-0.2, 0) is 14.1 Å². The molecule has 24 aromatic rings. The summed E-state index contributed by atoms with van der Waals surface area (Å²) < 4.78 is 17.5. The number of hydrogen-bond acceptors (Lipinski definition) is 10. The van der Waals surface area contributed by atoms with Crippen LogP contribution in [0.25, 0.3) is 197 Å². The Balaban J connectivity index is 0.000000107. The topological polar surface area (TPSA) is 205 Å². The largest absolute Gasteiger partial charge is 0.494 e. The quantitative estimate of drug-likeness (QED) is 0.0640. The number of para-hydroxylation sites is 2. The number of pyridine rings is 2. The summed E-state index contributed by atoms with van der Waals surface area (Å²) in [4.78, 5) is 62.8. The standard InChI is InChI=1S/C33H27BN2O2.C27H16Cl2N2.C27H15ClN2.C14H8O2.C13H8Cl2O.C2H4O2.H3N/c1-32(2)33(3,4)38-34(37-32)20-17-18-26-27(19-20)23-13-9-10-16-28(23)36-30-25-15-8-6-12-22(25)21-11-5-7-14-24(21)29(30)35-31(26)36;28-16-13-14-22(23(15-16)19-9-5-6-12-24(19)29)27-30-25-20-10-3-1-7-17(20)18-8-2-4-11-21(18)26(25)31-27;28-16-13-14-22-23(15-16)19-9-5-6-12-24(19)30-26-21-11-4-2-8-18(21)17-7-1-3-10-20(17)25(26)29-27(22)30;15-13-11-7-3-1-5-9(11)10-6-2-4-8-12(10)14(13)16;14-10-6-5-9(8-16)12(7-10)11-3-1-2-4-13(11)15;1-2(3)4;/h5-19H,1-4H3;1-15H,(H,30,31);1-15H;2*1-8H;1H3,(H,3,4);1H3. The molecule has 660 valence electrons. The molecule has 0 unspecified atom stereocenters. The highest BCUT2D eigenvalue weighted by Crippen LogP contribution is 2.47. The number of carboxylic acid groups (broad SMARTS) is 1. The third-order valence-electron chi connectivity index (χ3n) is 25.9. The molecule has 1 aliphatic heterocycles. The van der Waals surface area contributed by atoms with Gasteiger partial charge in [-0.3, -0.25) is 28.0 Å². The molecular formula is C116H81BCl5N7O7. The zero-order valence-corrected chi connectivity index (χ0v) is 77.8. The molecule has 0 atom stereocenters. The van der Waals surface area contributed by atoms with E-state index in [1.165, 1.54) is 64.6 Å². The molecule has 0 bridgehead atoms. The number of hydrogen-bond donors (Lipinski definition) is 3. The molecule has 19 aromatic carbocycles. The summed E-state index contributed by atoms with van der Waals surface area (Å²) in [5.41, 5.74) is 18.6. The lowest BCUT2D eigenvalue weighted by Gasteiger charge is -2.32. The van der Waals surface area contributed by atoms with E-state index in [9.17, 15) is 14.4 Å². The maximum Gasteiger partial charge on any atom is 0.494 e. The van der Waals surface area contributed by atoms with Gasteiger partial charge in [0.15, 0.2) is 6.29 Å². The number of aromatic amines is 1. The minimum Gasteiger partial charge on any atom is -0.481 e. The van der Waals surface area contributed by atoms with Crippen LogP contribution in [0.1, 0.15) is 65.7 Å². The third-order valence-corrected chi connectivity index (χ3v) is 27.3. The van der Waals surface area contributed by atoms with E-state index < -0.39 is 24.7 Å². The average Bonchev–Trinajstić information content (AvgIpc) is 1.54. The molecular weight excluding hydrogens is 1790 g/mol. The SMILES string of the molecule is CC(=O)O.CC1(C)OB(c2ccc3c(c2)c2ccccc2n2c3nc3c4ccccc4c4ccccc4c32)OC1(C)C.Clc1ccc(-c2nc3c4ccccc4c4ccccc4c3[nH]2)c(-c2ccccc2Cl)c1.Clc1ccc2c(c1)c1ccccc1n1c2nc2c3ccccc3c3ccccc3c21.N.O=C1C(=O)c2ccccc2-c2ccccc21.O=Cc1ccc(Cl)cc1-c1ccccc1Cl. The van der Waals surface area contributed by atoms with Gasteiger partial charge in [0, 0.05) is 119 Å². The number of ketones is 2. The van der Waals surface area contributed by atoms with Gasteiger partial charge in [0.1, 0.15) is 17.1 Å². The number of aliphatic carboxylic acids is 1. The number of nitrogens with zero attached hydrogens (tertiary/aromatic N) is 5. The van der Waals surface area contributed by atoms with Gasteiger partial charge in [-0.15, -0.1) is 0 Å². The summed E-state index contributed by atoms with van der Waals surface area (Å²) in [6, 6.07) is 122. The molecule has 0 spiro atoms. The number of Topliss-reactive ketones (excluding diaryl/α,β-unsaturated/α-hetero) is 2. The number of rotatable bonds is 5. The molecule has 1 fully saturated rings. The summed E-state index contributed by atoms with van der Waals surface area (Å²) >= 11 is 31.3. The van der Waals surface area contributed by atoms with Crippen LogP contribution in [0.3, 0.4) is 0 Å². The lowest BCUT2D eigenvalue weighted by molar-refractivity contribution is -0.134. The number of fused-ring (bicyclic) bond motifs is 35. The molecule has 1 aliphatic carbocycles. The van der Waals surface area contributed by atoms with Crippen LogP contribution in [0.15, 0.2) is 364 Å². The minimum atomic E-state index is -0.833. The van der Waals surface area contributed by atoms with Crippen LogP contribution in [0, 0.1) is 0 Å². The molecule has 26 rings (SSSR count). The van der Waals surface area contributed by atoms with Gasteiger partial charge in [-0.25, -0.2) is 15.0 Å². The van der Waals surface area contributed by atoms with Crippen molar-refractivity contribution in [2.45, 2.75) is 45.8 Å². The second-order valence-electron chi connectivity index (χ2n) is 34.4. The lowest BCUT2D eigenvalue weighted by Crippen LogP contribution is -2.41. The Bertz CT molecular complexity index is 8940. The maximum absolute atomic E-state index is 11.8. The Morgan fingerprint density at radius 3 is 1.14 bits per heavy atom. The third kappa shape index (κ3) is 15.6. The van der Waals surface area contributed by atoms with E-state index >= 15 is 0 Å². The molecule has 20 heteroatoms. The van der Waals surface area contributed by atoms with Crippen LogP contribution in [-0.4, -0.2) is 76.0 Å². The van der Waals surface area contributed by atoms with E-state index in [1.807, 2.05) is 91.0 Å². The predicted octanol–water partition coefficient (Wildman–Crippen LogP) is 31.1. The summed E-state index contributed by atoms with van der Waals surface area (Å²) in [7, 11) is -0.411. The van der Waals surface area contributed by atoms with Crippen molar-refractivity contribution in [1.82, 2.24) is 34.9 Å². The molecule has 1 saturated heterocycles. The Kier molecular flexibility index (Phi) is 23.6. The van der Waals surface area contributed by atoms with Gasteiger partial charge in [-0.2, -0.15) is 0 Å². The molecule has 6 heterocycles. The number of halogens is 5. The first kappa shape index (κ1) is 88.9. The molecule has 5 N–H and O–H groups in total. The fraction of sp³-hybridized carbons (Fsp3) is 0.0603. The van der Waals surface area contributed by atoms with Crippen molar-refractivity contribution in [3.05, 3.63) is 406 Å². The summed E-state index contributed by atoms with van der Waals surface area (Å²) in [6.45, 7) is 9.46. The van der Waals surface area contributed by atoms with E-state index in [2.05, 4.69) is 266 Å². The van der Waals surface area contributed by atoms with Crippen LogP contribution in [0.4, 0.5) is 0 Å². The van der Waals surface area contributed by atoms with E-state index in [4.69, 9.17) is 92.2 Å². The molecule has 0 radical (unpaired) electrons. The number of aldehydes is 1. The normalized spacial score (nSPS) is 13.0. The second kappa shape index (κ2) is 36.1. The van der Waals surface area contributed by atoms with E-state index in [0.29, 0.717) is 36.8 Å². The van der Waals surface area contributed by atoms with Gasteiger partial charge < -0.3 is 25.5 Å². The van der Waals surface area contributed by atoms with Crippen molar-refractivity contribution in [2.24, 2.45) is 0 Å². The maximum atomic E-state index is 11.8. The van der Waals surface area contributed by atoms with E-state index in [1.54, 1.807) is 48.5 Å². The first-order valence-electron chi connectivity index (χ1n) is 44.0. The van der Waals surface area contributed by atoms with Crippen LogP contribution < -0.4 is 11.6 Å². The van der Waals surface area contributed by atoms with Crippen molar-refractivity contribution < 1.29 is 33.6 Å². The highest BCUT2D eigenvalue weighted by atomic mass is 35.5. The molecule has 14 nitrogen and oxygen atoms in total. The van der Waals surface area contributed by atoms with Gasteiger partial charge in [0.05, 0.1) is 55.3 Å². The Morgan fingerprint density at radius 1 is 0.338 bits per heavy atom. The van der Waals surface area contributed by atoms with Gasteiger partial charge in [-0.1, -0.05) is 343 Å². The smallest absolute Gasteiger partial charge is 0.481 e. The van der Waals surface area contributed by atoms with Crippen molar-refractivity contribution in [2.75, 3.05) is 0 Å². The Hall–Kier alpha value is -15.0. The van der Waals surface area contributed by atoms with Gasteiger partial charge in [0.2, 0.25) is 11.6 Å². The number of nitrogens with one attached hydrogen (secondary N) is 1. The van der Waals surface area contributed by atoms with E-state index in [0.717, 1.165) is 156 Å². The number of carbonyl (C=O) groups excluding carboxylic acids is 3. The van der Waals surface area contributed by atoms with Crippen molar-refractivity contribution in [1.29, 1.82) is 0 Å². The molecule has 2 aliphatic rings. The van der Waals surface area contributed by atoms with E-state index in [-0.39, 0.29) is 17.4 Å². The first-order valence-corrected chi connectivity index (χ1v) is 45.9. The highest BCUT2D eigenvalue weighted by Gasteiger charge is 2.52. The average molecular weight is 1870 g/mol. The van der Waals surface area contributed by atoms with Crippen molar-refractivity contribution >= 4 is 247 Å². The monoisotopic (exact) mass is 1870 g/mol. The second-order valence-corrected chi connectivity index (χ2v) is 36.5.